The third-order valence-electron chi connectivity index (χ3n) is 0. The van der Waals surface area contributed by atoms with Gasteiger partial charge in [-0.15, -0.1) is 0 Å². The van der Waals surface area contributed by atoms with Gasteiger partial charge in [0, 0.05) is 6.61 Å². The molecule has 0 fully saturated rings. The average Bonchev–Trinajstić information content (AvgIpc) is 0.918. The summed E-state index contributed by atoms with van der Waals surface area (Å²) in [5.74, 6) is 0. The summed E-state index contributed by atoms with van der Waals surface area (Å²) >= 11 is 0. The fourth-order valence-corrected chi connectivity index (χ4v) is 0. The van der Waals surface area contributed by atoms with Gasteiger partial charge in [-0.05, 0) is 6.92 Å². The monoisotopic (exact) mass is 88.0 g/mol. The summed E-state index contributed by atoms with van der Waals surface area (Å²) in [5, 5.41) is 7.57. The van der Waals surface area contributed by atoms with Crippen LogP contribution in [0, 0.1) is 0 Å². The van der Waals surface area contributed by atoms with Crippen LogP contribution in [0.5, 0.6) is 0 Å². The Morgan fingerprint density at radius 3 is 1.75 bits per heavy atom. The molecule has 0 heterocycles. The molecular weight excluding hydrogens is 80.1 g/mol. The Kier molecular flexibility index (Phi) is 19.9. The summed E-state index contributed by atoms with van der Waals surface area (Å²) in [6, 6.07) is 0. The molecule has 0 unspecified atom stereocenters. The standard InChI is InChI=1S/C2H6O.Ca.2H/c1-2-3;;;/h3H,2H2,1H3;;;. The molecule has 0 bridgehead atoms. The molecule has 0 amide bonds. The molecule has 0 aromatic rings. The third kappa shape index (κ3) is 10.7. The first-order chi connectivity index (χ1) is 1.41. The van der Waals surface area contributed by atoms with Gasteiger partial charge in [0.1, 0.15) is 0 Å². The van der Waals surface area contributed by atoms with Gasteiger partial charge in [0.05, 0.1) is 0 Å². The maximum absolute atomic E-state index is 7.57. The first kappa shape index (κ1) is 8.97. The topological polar surface area (TPSA) is 20.2 Å². The van der Waals surface area contributed by atoms with E-state index in [0.29, 0.717) is 0 Å². The number of rotatable bonds is 0. The third-order valence-corrected chi connectivity index (χ3v) is 0. The average molecular weight is 88.2 g/mol. The van der Waals surface area contributed by atoms with Gasteiger partial charge in [-0.25, -0.2) is 0 Å². The molecular formula is C2H8CaO. The maximum atomic E-state index is 7.57. The van der Waals surface area contributed by atoms with E-state index in [0.717, 1.165) is 0 Å². The van der Waals surface area contributed by atoms with Crippen LogP contribution in [-0.2, 0) is 0 Å². The minimum absolute atomic E-state index is 0. The Morgan fingerprint density at radius 1 is 1.75 bits per heavy atom. The Labute approximate surface area is 56.0 Å². The van der Waals surface area contributed by atoms with Gasteiger partial charge >= 0.3 is 37.7 Å². The van der Waals surface area contributed by atoms with Crippen molar-refractivity contribution in [3.63, 3.8) is 0 Å². The van der Waals surface area contributed by atoms with Gasteiger partial charge in [-0.1, -0.05) is 0 Å². The number of hydrogen-bond donors (Lipinski definition) is 1. The van der Waals surface area contributed by atoms with Crippen molar-refractivity contribution < 1.29 is 5.11 Å². The molecule has 1 nitrogen and oxygen atoms in total. The van der Waals surface area contributed by atoms with E-state index >= 15 is 0 Å². The zero-order valence-corrected chi connectivity index (χ0v) is 2.15. The Balaban J connectivity index is 0. The normalized spacial score (nSPS) is 4.50. The molecule has 24 valence electrons. The van der Waals surface area contributed by atoms with E-state index < -0.39 is 0 Å². The van der Waals surface area contributed by atoms with Crippen LogP contribution >= 0.6 is 0 Å². The summed E-state index contributed by atoms with van der Waals surface area (Å²) < 4.78 is 0. The van der Waals surface area contributed by atoms with Crippen LogP contribution < -0.4 is 0 Å². The van der Waals surface area contributed by atoms with Crippen molar-refractivity contribution >= 4 is 37.7 Å². The van der Waals surface area contributed by atoms with E-state index in [1.54, 1.807) is 6.92 Å². The molecule has 0 aliphatic rings. The Hall–Kier alpha value is 1.22. The van der Waals surface area contributed by atoms with Crippen LogP contribution in [0.1, 0.15) is 6.92 Å². The molecule has 4 heavy (non-hydrogen) atoms. The molecule has 0 rings (SSSR count). The van der Waals surface area contributed by atoms with E-state index in [4.69, 9.17) is 5.11 Å². The van der Waals surface area contributed by atoms with Crippen LogP contribution in [-0.4, -0.2) is 49.5 Å². The van der Waals surface area contributed by atoms with E-state index in [2.05, 4.69) is 0 Å². The quantitative estimate of drug-likeness (QED) is 0.380. The fraction of sp³-hybridized carbons (Fsp3) is 1.00. The SMILES string of the molecule is CCO.[CaH2]. The number of hydrogen-bond acceptors (Lipinski definition) is 1. The van der Waals surface area contributed by atoms with Crippen LogP contribution in [0.3, 0.4) is 0 Å². The summed E-state index contributed by atoms with van der Waals surface area (Å²) in [4.78, 5) is 0. The van der Waals surface area contributed by atoms with Crippen LogP contribution in [0.15, 0.2) is 0 Å². The first-order valence-electron chi connectivity index (χ1n) is 1.02. The molecule has 0 atom stereocenters. The minimum atomic E-state index is 0. The van der Waals surface area contributed by atoms with E-state index in [-0.39, 0.29) is 44.3 Å². The zero-order chi connectivity index (χ0) is 2.71. The Bertz CT molecular complexity index is 6.00. The van der Waals surface area contributed by atoms with Gasteiger partial charge in [0.25, 0.3) is 0 Å². The van der Waals surface area contributed by atoms with Crippen molar-refractivity contribution in [1.82, 2.24) is 0 Å². The summed E-state index contributed by atoms with van der Waals surface area (Å²) in [6.45, 7) is 1.93. The van der Waals surface area contributed by atoms with E-state index in [9.17, 15) is 0 Å². The molecule has 0 radical (unpaired) electrons. The molecule has 0 aromatic carbocycles. The molecule has 1 N–H and O–H groups in total. The summed E-state index contributed by atoms with van der Waals surface area (Å²) in [7, 11) is 0. The van der Waals surface area contributed by atoms with Gasteiger partial charge in [-0.3, -0.25) is 0 Å². The van der Waals surface area contributed by atoms with Gasteiger partial charge < -0.3 is 5.11 Å². The van der Waals surface area contributed by atoms with Crippen molar-refractivity contribution in [2.45, 2.75) is 6.92 Å². The van der Waals surface area contributed by atoms with Crippen molar-refractivity contribution in [2.24, 2.45) is 0 Å². The predicted molar refractivity (Wildman–Crippen MR) is 21.3 cm³/mol. The molecule has 0 saturated carbocycles. The van der Waals surface area contributed by atoms with Crippen molar-refractivity contribution in [2.75, 3.05) is 6.61 Å². The van der Waals surface area contributed by atoms with Crippen molar-refractivity contribution in [1.29, 1.82) is 0 Å². The molecule has 2 heteroatoms. The van der Waals surface area contributed by atoms with Crippen molar-refractivity contribution in [3.05, 3.63) is 0 Å². The molecule has 0 aliphatic carbocycles. The van der Waals surface area contributed by atoms with E-state index in [1.165, 1.54) is 0 Å². The molecule has 0 saturated heterocycles. The predicted octanol–water partition coefficient (Wildman–Crippen LogP) is -0.918. The fourth-order valence-electron chi connectivity index (χ4n) is 0. The molecule has 0 aromatic heterocycles. The second-order valence-electron chi connectivity index (χ2n) is 0.316. The van der Waals surface area contributed by atoms with Gasteiger partial charge in [-0.2, -0.15) is 0 Å². The van der Waals surface area contributed by atoms with Crippen LogP contribution in [0.2, 0.25) is 0 Å². The second-order valence-corrected chi connectivity index (χ2v) is 0.316. The second kappa shape index (κ2) is 8.88. The van der Waals surface area contributed by atoms with Crippen LogP contribution in [0.25, 0.3) is 0 Å². The number of aliphatic hydroxyl groups excluding tert-OH is 1. The molecule has 0 aliphatic heterocycles. The summed E-state index contributed by atoms with van der Waals surface area (Å²) in [5.41, 5.74) is 0. The zero-order valence-electron chi connectivity index (χ0n) is 2.15. The van der Waals surface area contributed by atoms with Gasteiger partial charge in [0.2, 0.25) is 0 Å². The Morgan fingerprint density at radius 2 is 1.75 bits per heavy atom. The van der Waals surface area contributed by atoms with Crippen LogP contribution in [0.4, 0.5) is 0 Å². The van der Waals surface area contributed by atoms with Crippen molar-refractivity contribution in [3.8, 4) is 0 Å². The van der Waals surface area contributed by atoms with Gasteiger partial charge in [0.15, 0.2) is 0 Å². The summed E-state index contributed by atoms with van der Waals surface area (Å²) in [6.07, 6.45) is 0. The van der Waals surface area contributed by atoms with E-state index in [1.807, 2.05) is 0 Å². The number of aliphatic hydroxyl groups is 1. The molecule has 0 spiro atoms. The first-order valence-corrected chi connectivity index (χ1v) is 1.02.